The quantitative estimate of drug-likeness (QED) is 0.856. The maximum Gasteiger partial charge on any atom is 0.244 e. The second-order valence-corrected chi connectivity index (χ2v) is 7.73. The van der Waals surface area contributed by atoms with Gasteiger partial charge in [-0.1, -0.05) is 13.3 Å². The van der Waals surface area contributed by atoms with Crippen molar-refractivity contribution in [3.8, 4) is 0 Å². The molecule has 19 heavy (non-hydrogen) atoms. The van der Waals surface area contributed by atoms with Crippen LogP contribution in [-0.2, 0) is 10.0 Å². The van der Waals surface area contributed by atoms with Crippen molar-refractivity contribution in [2.24, 2.45) is 5.92 Å². The molecule has 1 fully saturated rings. The van der Waals surface area contributed by atoms with E-state index in [0.29, 0.717) is 34.1 Å². The van der Waals surface area contributed by atoms with Gasteiger partial charge < -0.3 is 5.73 Å². The van der Waals surface area contributed by atoms with E-state index in [9.17, 15) is 8.42 Å². The van der Waals surface area contributed by atoms with Crippen LogP contribution in [0.3, 0.4) is 0 Å². The number of halogens is 1. The predicted octanol–water partition coefficient (Wildman–Crippen LogP) is 2.84. The molecule has 1 aliphatic heterocycles. The normalized spacial score (nSPS) is 21.5. The van der Waals surface area contributed by atoms with Gasteiger partial charge in [-0.05, 0) is 52.9 Å². The molecule has 1 aromatic carbocycles. The van der Waals surface area contributed by atoms with Crippen molar-refractivity contribution in [1.82, 2.24) is 4.31 Å². The van der Waals surface area contributed by atoms with Crippen molar-refractivity contribution in [1.29, 1.82) is 0 Å². The summed E-state index contributed by atoms with van der Waals surface area (Å²) >= 11 is 3.30. The molecule has 1 aromatic rings. The van der Waals surface area contributed by atoms with Crippen LogP contribution < -0.4 is 5.73 Å². The predicted molar refractivity (Wildman–Crippen MR) is 80.3 cm³/mol. The summed E-state index contributed by atoms with van der Waals surface area (Å²) in [5.41, 5.74) is 6.21. The fourth-order valence-electron chi connectivity index (χ4n) is 2.44. The number of hydrogen-bond donors (Lipinski definition) is 1. The van der Waals surface area contributed by atoms with Crippen LogP contribution in [-0.4, -0.2) is 25.8 Å². The highest BCUT2D eigenvalue weighted by Gasteiger charge is 2.30. The molecule has 1 unspecified atom stereocenters. The monoisotopic (exact) mass is 346 g/mol. The highest BCUT2D eigenvalue weighted by molar-refractivity contribution is 9.10. The van der Waals surface area contributed by atoms with E-state index in [0.717, 1.165) is 19.3 Å². The maximum atomic E-state index is 12.6. The van der Waals surface area contributed by atoms with Crippen molar-refractivity contribution in [2.45, 2.75) is 31.1 Å². The molecule has 0 amide bonds. The summed E-state index contributed by atoms with van der Waals surface area (Å²) in [5, 5.41) is 0. The average molecular weight is 347 g/mol. The Morgan fingerprint density at radius 3 is 2.84 bits per heavy atom. The summed E-state index contributed by atoms with van der Waals surface area (Å²) in [7, 11) is -3.42. The van der Waals surface area contributed by atoms with Crippen LogP contribution in [0.15, 0.2) is 27.6 Å². The molecule has 0 aliphatic carbocycles. The van der Waals surface area contributed by atoms with E-state index < -0.39 is 10.0 Å². The van der Waals surface area contributed by atoms with Crippen molar-refractivity contribution in [3.05, 3.63) is 22.7 Å². The Labute approximate surface area is 123 Å². The van der Waals surface area contributed by atoms with Gasteiger partial charge in [-0.25, -0.2) is 8.42 Å². The van der Waals surface area contributed by atoms with Crippen molar-refractivity contribution >= 4 is 31.6 Å². The molecule has 0 spiro atoms. The molecule has 6 heteroatoms. The first-order valence-corrected chi connectivity index (χ1v) is 8.73. The van der Waals surface area contributed by atoms with Crippen LogP contribution in [0.25, 0.3) is 0 Å². The van der Waals surface area contributed by atoms with Gasteiger partial charge in [0.25, 0.3) is 0 Å². The smallest absolute Gasteiger partial charge is 0.244 e. The number of piperidine rings is 1. The van der Waals surface area contributed by atoms with Gasteiger partial charge in [-0.3, -0.25) is 0 Å². The fourth-order valence-corrected chi connectivity index (χ4v) is 5.05. The number of nitrogen functional groups attached to an aromatic ring is 1. The van der Waals surface area contributed by atoms with E-state index in [2.05, 4.69) is 22.9 Å². The van der Waals surface area contributed by atoms with Crippen molar-refractivity contribution in [2.75, 3.05) is 18.8 Å². The molecule has 1 aliphatic rings. The van der Waals surface area contributed by atoms with E-state index in [1.807, 2.05) is 0 Å². The average Bonchev–Trinajstić information content (AvgIpc) is 2.38. The van der Waals surface area contributed by atoms with E-state index in [1.54, 1.807) is 22.5 Å². The second kappa shape index (κ2) is 5.81. The number of nitrogens with two attached hydrogens (primary N) is 1. The summed E-state index contributed by atoms with van der Waals surface area (Å²) in [6, 6.07) is 4.83. The summed E-state index contributed by atoms with van der Waals surface area (Å²) in [6.07, 6.45) is 3.07. The van der Waals surface area contributed by atoms with Gasteiger partial charge in [-0.2, -0.15) is 4.31 Å². The number of nitrogens with zero attached hydrogens (tertiary/aromatic N) is 1. The molecule has 0 bridgehead atoms. The van der Waals surface area contributed by atoms with Crippen molar-refractivity contribution in [3.63, 3.8) is 0 Å². The van der Waals surface area contributed by atoms with E-state index in [4.69, 9.17) is 5.73 Å². The van der Waals surface area contributed by atoms with E-state index in [1.165, 1.54) is 0 Å². The van der Waals surface area contributed by atoms with E-state index >= 15 is 0 Å². The number of rotatable bonds is 3. The molecule has 2 N–H and O–H groups in total. The highest BCUT2D eigenvalue weighted by Crippen LogP contribution is 2.30. The lowest BCUT2D eigenvalue weighted by molar-refractivity contribution is 0.261. The molecule has 1 atom stereocenters. The highest BCUT2D eigenvalue weighted by atomic mass is 79.9. The minimum Gasteiger partial charge on any atom is -0.399 e. The molecule has 1 saturated heterocycles. The summed E-state index contributed by atoms with van der Waals surface area (Å²) in [4.78, 5) is 0.304. The zero-order valence-corrected chi connectivity index (χ0v) is 13.4. The summed E-state index contributed by atoms with van der Waals surface area (Å²) in [5.74, 6) is 0.469. The Hall–Kier alpha value is -0.590. The van der Waals surface area contributed by atoms with Gasteiger partial charge in [0.15, 0.2) is 0 Å². The molecular weight excluding hydrogens is 328 g/mol. The van der Waals surface area contributed by atoms with Gasteiger partial charge in [0.05, 0.1) is 4.90 Å². The third-order valence-corrected chi connectivity index (χ3v) is 6.47. The Bertz CT molecular complexity index is 560. The number of sulfonamides is 1. The third kappa shape index (κ3) is 3.12. The van der Waals surface area contributed by atoms with Crippen LogP contribution >= 0.6 is 15.9 Å². The molecule has 106 valence electrons. The minimum atomic E-state index is -3.42. The molecule has 1 heterocycles. The first-order valence-electron chi connectivity index (χ1n) is 6.50. The molecule has 0 saturated carbocycles. The van der Waals surface area contributed by atoms with Crippen LogP contribution in [0, 0.1) is 5.92 Å². The lowest BCUT2D eigenvalue weighted by Crippen LogP contribution is -2.39. The minimum absolute atomic E-state index is 0.304. The third-order valence-electron chi connectivity index (χ3n) is 3.63. The van der Waals surface area contributed by atoms with Gasteiger partial charge in [-0.15, -0.1) is 0 Å². The second-order valence-electron chi connectivity index (χ2n) is 4.97. The lowest BCUT2D eigenvalue weighted by atomic mass is 9.97. The molecule has 4 nitrogen and oxygen atoms in total. The van der Waals surface area contributed by atoms with E-state index in [-0.39, 0.29) is 0 Å². The Morgan fingerprint density at radius 1 is 1.47 bits per heavy atom. The zero-order chi connectivity index (χ0) is 14.0. The Balaban J connectivity index is 2.31. The van der Waals surface area contributed by atoms with Crippen LogP contribution in [0.4, 0.5) is 5.69 Å². The summed E-state index contributed by atoms with van der Waals surface area (Å²) in [6.45, 7) is 3.34. The van der Waals surface area contributed by atoms with Gasteiger partial charge in [0, 0.05) is 23.2 Å². The molecular formula is C13H19BrN2O2S. The van der Waals surface area contributed by atoms with Gasteiger partial charge >= 0.3 is 0 Å². The first-order chi connectivity index (χ1) is 8.95. The van der Waals surface area contributed by atoms with Crippen LogP contribution in [0.5, 0.6) is 0 Å². The first kappa shape index (κ1) is 14.8. The summed E-state index contributed by atoms with van der Waals surface area (Å²) < 4.78 is 27.4. The van der Waals surface area contributed by atoms with Crippen LogP contribution in [0.2, 0.25) is 0 Å². The largest absolute Gasteiger partial charge is 0.399 e. The zero-order valence-electron chi connectivity index (χ0n) is 11.0. The molecule has 0 aromatic heterocycles. The molecule has 2 rings (SSSR count). The topological polar surface area (TPSA) is 63.4 Å². The SMILES string of the molecule is CCC1CCCN(S(=O)(=O)c2ccc(N)cc2Br)C1. The van der Waals surface area contributed by atoms with Gasteiger partial charge in [0.1, 0.15) is 0 Å². The number of benzene rings is 1. The van der Waals surface area contributed by atoms with Crippen molar-refractivity contribution < 1.29 is 8.42 Å². The Kier molecular flexibility index (Phi) is 4.53. The number of anilines is 1. The van der Waals surface area contributed by atoms with Crippen LogP contribution in [0.1, 0.15) is 26.2 Å². The standard InChI is InChI=1S/C13H19BrN2O2S/c1-2-10-4-3-7-16(9-10)19(17,18)13-6-5-11(15)8-12(13)14/h5-6,8,10H,2-4,7,9,15H2,1H3. The number of hydrogen-bond acceptors (Lipinski definition) is 3. The maximum absolute atomic E-state index is 12.6. The molecule has 0 radical (unpaired) electrons. The van der Waals surface area contributed by atoms with Gasteiger partial charge in [0.2, 0.25) is 10.0 Å². The Morgan fingerprint density at radius 2 is 2.21 bits per heavy atom. The fraction of sp³-hybridized carbons (Fsp3) is 0.538. The lowest BCUT2D eigenvalue weighted by Gasteiger charge is -2.31.